The molecule has 0 N–H and O–H groups in total. The number of aldehydes is 4. The van der Waals surface area contributed by atoms with E-state index in [1.54, 1.807) is 56.7 Å². The second-order valence-electron chi connectivity index (χ2n) is 9.50. The van der Waals surface area contributed by atoms with Crippen molar-refractivity contribution < 1.29 is 54.4 Å². The Morgan fingerprint density at radius 1 is 0.627 bits per heavy atom. The van der Waals surface area contributed by atoms with E-state index in [9.17, 15) is 40.8 Å². The smallest absolute Gasteiger partial charge is 0.493 e. The van der Waals surface area contributed by atoms with Gasteiger partial charge in [0.1, 0.15) is 18.9 Å². The van der Waals surface area contributed by atoms with Gasteiger partial charge in [0.25, 0.3) is 0 Å². The molecule has 0 saturated heterocycles. The molecule has 0 heterocycles. The highest BCUT2D eigenvalue weighted by molar-refractivity contribution is 14.1. The molecule has 9 nitrogen and oxygen atoms in total. The van der Waals surface area contributed by atoms with Gasteiger partial charge in [-0.2, -0.15) is 21.6 Å². The van der Waals surface area contributed by atoms with E-state index in [1.807, 2.05) is 24.3 Å². The average Bonchev–Trinajstić information content (AvgIpc) is 3.12. The van der Waals surface area contributed by atoms with Gasteiger partial charge in [-0.05, 0) is 76.5 Å². The van der Waals surface area contributed by atoms with Crippen LogP contribution in [0.3, 0.4) is 0 Å². The Morgan fingerprint density at radius 2 is 1.24 bits per heavy atom. The molecule has 0 aromatic heterocycles. The predicted octanol–water partition coefficient (Wildman–Crippen LogP) is 9.52. The first kappa shape index (κ1) is 43.0. The lowest BCUT2D eigenvalue weighted by molar-refractivity contribution is -0.0499. The molecule has 16 heteroatoms. The summed E-state index contributed by atoms with van der Waals surface area (Å²) < 4.78 is 76.0. The van der Waals surface area contributed by atoms with E-state index in [0.29, 0.717) is 39.9 Å². The van der Waals surface area contributed by atoms with Crippen molar-refractivity contribution in [3.63, 3.8) is 0 Å². The third-order valence-corrected chi connectivity index (χ3v) is 8.90. The zero-order valence-corrected chi connectivity index (χ0v) is 32.5. The molecule has 5 aromatic carbocycles. The van der Waals surface area contributed by atoms with Gasteiger partial charge in [0.05, 0.1) is 17.8 Å². The van der Waals surface area contributed by atoms with Gasteiger partial charge in [0, 0.05) is 36.6 Å². The second kappa shape index (κ2) is 20.7. The first-order valence-electron chi connectivity index (χ1n) is 13.9. The van der Waals surface area contributed by atoms with Gasteiger partial charge in [-0.1, -0.05) is 80.4 Å². The van der Waals surface area contributed by atoms with Crippen molar-refractivity contribution in [1.82, 2.24) is 0 Å². The van der Waals surface area contributed by atoms with Crippen molar-refractivity contribution in [3.8, 4) is 17.2 Å². The van der Waals surface area contributed by atoms with E-state index in [-0.39, 0.29) is 10.9 Å². The SMILES string of the molecule is COc1cc(C=O)cc(I)c1OC.O=Cc1ccc(Br)cc1.O=Cc1ccc(OS(=O)(=O)C(F)(F)F)c2ccccc12.O=Cc1cccc(Br)c1. The number of halogens is 6. The Hall–Kier alpha value is -4.13. The van der Waals surface area contributed by atoms with E-state index >= 15 is 0 Å². The number of methoxy groups -OCH3 is 2. The van der Waals surface area contributed by atoms with Gasteiger partial charge in [0.2, 0.25) is 0 Å². The molecule has 5 rings (SSSR count). The zero-order chi connectivity index (χ0) is 38.2. The highest BCUT2D eigenvalue weighted by Crippen LogP contribution is 2.34. The van der Waals surface area contributed by atoms with Crippen LogP contribution in [0.15, 0.2) is 106 Å². The maximum atomic E-state index is 12.3. The molecule has 0 amide bonds. The Labute approximate surface area is 321 Å². The fourth-order valence-electron chi connectivity index (χ4n) is 3.76. The van der Waals surface area contributed by atoms with Crippen LogP contribution in [0, 0.1) is 3.57 Å². The molecular weight excluding hydrogens is 940 g/mol. The largest absolute Gasteiger partial charge is 0.534 e. The Balaban J connectivity index is 0.000000251. The summed E-state index contributed by atoms with van der Waals surface area (Å²) in [4.78, 5) is 41.6. The molecule has 0 spiro atoms. The van der Waals surface area contributed by atoms with E-state index in [0.717, 1.165) is 37.4 Å². The molecule has 0 saturated carbocycles. The van der Waals surface area contributed by atoms with Crippen LogP contribution in [-0.4, -0.2) is 53.3 Å². The number of carbonyl (C=O) groups is 4. The molecule has 5 aromatic rings. The maximum absolute atomic E-state index is 12.3. The molecule has 0 aliphatic carbocycles. The second-order valence-corrected chi connectivity index (χ2v) is 14.0. The molecule has 268 valence electrons. The summed E-state index contributed by atoms with van der Waals surface area (Å²) in [6.07, 6.45) is 2.95. The summed E-state index contributed by atoms with van der Waals surface area (Å²) in [5.74, 6) is 0.758. The monoisotopic (exact) mass is 964 g/mol. The van der Waals surface area contributed by atoms with Crippen LogP contribution < -0.4 is 13.7 Å². The van der Waals surface area contributed by atoms with E-state index in [4.69, 9.17) is 9.47 Å². The van der Waals surface area contributed by atoms with Crippen molar-refractivity contribution in [2.45, 2.75) is 5.51 Å². The fraction of sp³-hybridized carbons (Fsp3) is 0.0857. The average molecular weight is 966 g/mol. The van der Waals surface area contributed by atoms with Gasteiger partial charge in [-0.25, -0.2) is 0 Å². The standard InChI is InChI=1S/C12H7F3O4S.C9H9IO3.2C7H5BrO/c13-12(14,15)20(17,18)19-11-6-5-8(7-16)9-3-1-2-4-10(9)11;1-12-8-4-6(5-11)3-7(10)9(8)13-2;8-7-3-1-6(5-9)2-4-7;8-7-3-1-2-6(4-7)5-9/h1-7H;3-5H,1-2H3;2*1-5H. The number of ether oxygens (including phenoxy) is 2. The Bertz CT molecular complexity index is 2080. The van der Waals surface area contributed by atoms with Crippen LogP contribution in [0.5, 0.6) is 17.2 Å². The van der Waals surface area contributed by atoms with E-state index < -0.39 is 21.4 Å². The molecular formula is C35H26Br2F3IO9S. The number of hydrogen-bond donors (Lipinski definition) is 0. The van der Waals surface area contributed by atoms with Gasteiger partial charge < -0.3 is 13.7 Å². The minimum Gasteiger partial charge on any atom is -0.493 e. The summed E-state index contributed by atoms with van der Waals surface area (Å²) >= 11 is 8.60. The van der Waals surface area contributed by atoms with Crippen molar-refractivity contribution >= 4 is 100 Å². The summed E-state index contributed by atoms with van der Waals surface area (Å²) in [7, 11) is -2.64. The van der Waals surface area contributed by atoms with Crippen LogP contribution in [0.2, 0.25) is 0 Å². The minimum absolute atomic E-state index is 0.102. The molecule has 0 aliphatic heterocycles. The van der Waals surface area contributed by atoms with Gasteiger partial charge >= 0.3 is 15.6 Å². The highest BCUT2D eigenvalue weighted by atomic mass is 127. The van der Waals surface area contributed by atoms with Gasteiger partial charge in [-0.15, -0.1) is 0 Å². The Kier molecular flexibility index (Phi) is 17.4. The lowest BCUT2D eigenvalue weighted by Crippen LogP contribution is -2.28. The van der Waals surface area contributed by atoms with Crippen LogP contribution in [0.4, 0.5) is 13.2 Å². The number of alkyl halides is 3. The zero-order valence-electron chi connectivity index (χ0n) is 26.4. The van der Waals surface area contributed by atoms with Crippen LogP contribution in [0.1, 0.15) is 41.4 Å². The normalized spacial score (nSPS) is 10.4. The summed E-state index contributed by atoms with van der Waals surface area (Å²) in [5.41, 5.74) is -3.31. The Morgan fingerprint density at radius 3 is 1.73 bits per heavy atom. The molecule has 0 bridgehead atoms. The van der Waals surface area contributed by atoms with Gasteiger partial charge in [-0.3, -0.25) is 19.2 Å². The molecule has 0 unspecified atom stereocenters. The molecule has 0 fully saturated rings. The fourth-order valence-corrected chi connectivity index (χ4v) is 5.77. The molecule has 0 atom stereocenters. The lowest BCUT2D eigenvalue weighted by Gasteiger charge is -2.12. The highest BCUT2D eigenvalue weighted by Gasteiger charge is 2.48. The lowest BCUT2D eigenvalue weighted by atomic mass is 10.0. The minimum atomic E-state index is -5.75. The summed E-state index contributed by atoms with van der Waals surface area (Å²) in [5, 5.41) is 0.405. The van der Waals surface area contributed by atoms with Crippen LogP contribution in [-0.2, 0) is 10.1 Å². The first-order valence-corrected chi connectivity index (χ1v) is 18.0. The molecule has 51 heavy (non-hydrogen) atoms. The van der Waals surface area contributed by atoms with E-state index in [2.05, 4.69) is 58.6 Å². The number of hydrogen-bond acceptors (Lipinski definition) is 9. The van der Waals surface area contributed by atoms with Crippen molar-refractivity contribution in [1.29, 1.82) is 0 Å². The number of carbonyl (C=O) groups excluding carboxylic acids is 4. The first-order chi connectivity index (χ1) is 24.1. The van der Waals surface area contributed by atoms with E-state index in [1.165, 1.54) is 24.3 Å². The third-order valence-electron chi connectivity index (χ3n) is 6.11. The van der Waals surface area contributed by atoms with Crippen molar-refractivity contribution in [2.24, 2.45) is 0 Å². The van der Waals surface area contributed by atoms with Gasteiger partial charge in [0.15, 0.2) is 23.5 Å². The number of benzene rings is 5. The third kappa shape index (κ3) is 13.2. The van der Waals surface area contributed by atoms with Crippen LogP contribution >= 0.6 is 54.5 Å². The van der Waals surface area contributed by atoms with Crippen molar-refractivity contribution in [3.05, 3.63) is 132 Å². The summed E-state index contributed by atoms with van der Waals surface area (Å²) in [6, 6.07) is 25.9. The molecule has 0 aliphatic rings. The quantitative estimate of drug-likeness (QED) is 0.0646. The maximum Gasteiger partial charge on any atom is 0.534 e. The summed E-state index contributed by atoms with van der Waals surface area (Å²) in [6.45, 7) is 0. The number of rotatable bonds is 8. The molecule has 0 radical (unpaired) electrons. The number of fused-ring (bicyclic) bond motifs is 1. The van der Waals surface area contributed by atoms with Crippen molar-refractivity contribution in [2.75, 3.05) is 14.2 Å². The predicted molar refractivity (Wildman–Crippen MR) is 202 cm³/mol. The topological polar surface area (TPSA) is 130 Å². The van der Waals surface area contributed by atoms with Crippen LogP contribution in [0.25, 0.3) is 10.8 Å².